The number of halogens is 3. The second-order valence-corrected chi connectivity index (χ2v) is 2.44. The second kappa shape index (κ2) is 4.04. The van der Waals surface area contributed by atoms with Crippen molar-refractivity contribution in [3.63, 3.8) is 0 Å². The smallest absolute Gasteiger partial charge is 0.433 e. The monoisotopic (exact) mass is 217 g/mol. The van der Waals surface area contributed by atoms with Gasteiger partial charge in [-0.15, -0.1) is 6.42 Å². The first kappa shape index (κ1) is 11.1. The van der Waals surface area contributed by atoms with Crippen molar-refractivity contribution in [1.82, 2.24) is 9.97 Å². The SMILES string of the molecule is C#CCOc1cc(C(F)(F)F)nc(N)n1. The molecule has 1 aromatic rings. The van der Waals surface area contributed by atoms with Gasteiger partial charge in [-0.25, -0.2) is 4.98 Å². The standard InChI is InChI=1S/C8H6F3N3O/c1-2-3-15-6-4-5(8(9,10)11)13-7(12)14-6/h1,4H,3H2,(H2,12,13,14). The predicted molar refractivity (Wildman–Crippen MR) is 45.8 cm³/mol. The van der Waals surface area contributed by atoms with Crippen LogP contribution in [0.1, 0.15) is 5.69 Å². The Bertz CT molecular complexity index is 397. The number of hydrogen-bond acceptors (Lipinski definition) is 4. The number of nitrogens with zero attached hydrogens (tertiary/aromatic N) is 2. The van der Waals surface area contributed by atoms with Crippen molar-refractivity contribution in [3.8, 4) is 18.2 Å². The zero-order valence-electron chi connectivity index (χ0n) is 7.38. The van der Waals surface area contributed by atoms with Gasteiger partial charge in [0.25, 0.3) is 0 Å². The van der Waals surface area contributed by atoms with Crippen molar-refractivity contribution in [2.24, 2.45) is 0 Å². The number of nitrogens with two attached hydrogens (primary N) is 1. The average Bonchev–Trinajstić information content (AvgIpc) is 2.12. The van der Waals surface area contributed by atoms with Crippen LogP contribution in [0.25, 0.3) is 0 Å². The Morgan fingerprint density at radius 1 is 1.47 bits per heavy atom. The molecular formula is C8H6F3N3O. The van der Waals surface area contributed by atoms with Crippen LogP contribution in [0.2, 0.25) is 0 Å². The molecule has 1 aromatic heterocycles. The molecule has 0 aliphatic carbocycles. The number of alkyl halides is 3. The summed E-state index contributed by atoms with van der Waals surface area (Å²) < 4.78 is 41.4. The molecular weight excluding hydrogens is 211 g/mol. The maximum Gasteiger partial charge on any atom is 0.433 e. The normalized spacial score (nSPS) is 10.8. The minimum Gasteiger partial charge on any atom is -0.464 e. The van der Waals surface area contributed by atoms with E-state index in [2.05, 4.69) is 15.9 Å². The van der Waals surface area contributed by atoms with Crippen LogP contribution in [-0.2, 0) is 6.18 Å². The molecule has 0 amide bonds. The number of aromatic nitrogens is 2. The lowest BCUT2D eigenvalue weighted by Crippen LogP contribution is -2.11. The minimum absolute atomic E-state index is 0.187. The second-order valence-electron chi connectivity index (χ2n) is 2.44. The molecule has 0 unspecified atom stereocenters. The Balaban J connectivity index is 3.01. The molecule has 0 aromatic carbocycles. The maximum atomic E-state index is 12.2. The van der Waals surface area contributed by atoms with Crippen LogP contribution < -0.4 is 10.5 Å². The van der Waals surface area contributed by atoms with Gasteiger partial charge in [0.15, 0.2) is 12.3 Å². The Hall–Kier alpha value is -1.97. The first-order chi connectivity index (χ1) is 6.93. The topological polar surface area (TPSA) is 61.0 Å². The van der Waals surface area contributed by atoms with Crippen molar-refractivity contribution in [2.75, 3.05) is 12.3 Å². The number of rotatable bonds is 2. The van der Waals surface area contributed by atoms with Gasteiger partial charge in [-0.3, -0.25) is 0 Å². The summed E-state index contributed by atoms with van der Waals surface area (Å²) in [4.78, 5) is 6.46. The zero-order valence-corrected chi connectivity index (χ0v) is 7.38. The maximum absolute atomic E-state index is 12.2. The Labute approximate surface area is 83.3 Å². The molecule has 0 aliphatic heterocycles. The number of hydrogen-bond donors (Lipinski definition) is 1. The molecule has 0 saturated carbocycles. The van der Waals surface area contributed by atoms with Gasteiger partial charge in [-0.1, -0.05) is 5.92 Å². The average molecular weight is 217 g/mol. The third-order valence-corrected chi connectivity index (χ3v) is 1.31. The third kappa shape index (κ3) is 3.02. The van der Waals surface area contributed by atoms with E-state index >= 15 is 0 Å². The van der Waals surface area contributed by atoms with E-state index in [0.717, 1.165) is 0 Å². The number of nitrogen functional groups attached to an aromatic ring is 1. The molecule has 7 heteroatoms. The van der Waals surface area contributed by atoms with E-state index in [1.165, 1.54) is 0 Å². The summed E-state index contributed by atoms with van der Waals surface area (Å²) >= 11 is 0. The summed E-state index contributed by atoms with van der Waals surface area (Å²) in [5, 5.41) is 0. The van der Waals surface area contributed by atoms with Crippen molar-refractivity contribution in [2.45, 2.75) is 6.18 Å². The van der Waals surface area contributed by atoms with Gasteiger partial charge in [-0.2, -0.15) is 18.2 Å². The van der Waals surface area contributed by atoms with Crippen LogP contribution >= 0.6 is 0 Å². The van der Waals surface area contributed by atoms with E-state index < -0.39 is 17.8 Å². The molecule has 0 atom stereocenters. The van der Waals surface area contributed by atoms with Crippen molar-refractivity contribution < 1.29 is 17.9 Å². The molecule has 0 aliphatic rings. The third-order valence-electron chi connectivity index (χ3n) is 1.31. The van der Waals surface area contributed by atoms with Gasteiger partial charge in [0, 0.05) is 6.07 Å². The largest absolute Gasteiger partial charge is 0.464 e. The highest BCUT2D eigenvalue weighted by atomic mass is 19.4. The molecule has 0 saturated heterocycles. The summed E-state index contributed by atoms with van der Waals surface area (Å²) in [6.45, 7) is -0.187. The number of terminal acetylenes is 1. The molecule has 0 radical (unpaired) electrons. The Morgan fingerprint density at radius 3 is 2.67 bits per heavy atom. The number of anilines is 1. The molecule has 1 rings (SSSR count). The predicted octanol–water partition coefficient (Wildman–Crippen LogP) is 1.09. The van der Waals surface area contributed by atoms with E-state index in [-0.39, 0.29) is 12.5 Å². The van der Waals surface area contributed by atoms with Gasteiger partial charge in [0.1, 0.15) is 0 Å². The lowest BCUT2D eigenvalue weighted by atomic mass is 10.4. The highest BCUT2D eigenvalue weighted by molar-refractivity contribution is 5.27. The van der Waals surface area contributed by atoms with Gasteiger partial charge in [-0.05, 0) is 0 Å². The zero-order chi connectivity index (χ0) is 11.5. The highest BCUT2D eigenvalue weighted by Gasteiger charge is 2.33. The minimum atomic E-state index is -4.59. The lowest BCUT2D eigenvalue weighted by molar-refractivity contribution is -0.141. The molecule has 80 valence electrons. The van der Waals surface area contributed by atoms with Crippen LogP contribution in [0.15, 0.2) is 6.07 Å². The van der Waals surface area contributed by atoms with Crippen LogP contribution in [0.4, 0.5) is 19.1 Å². The summed E-state index contributed by atoms with van der Waals surface area (Å²) in [6.07, 6.45) is 0.274. The van der Waals surface area contributed by atoms with Gasteiger partial charge < -0.3 is 10.5 Å². The van der Waals surface area contributed by atoms with Crippen molar-refractivity contribution in [3.05, 3.63) is 11.8 Å². The van der Waals surface area contributed by atoms with Gasteiger partial charge in [0.05, 0.1) is 0 Å². The number of ether oxygens (including phenoxy) is 1. The van der Waals surface area contributed by atoms with Crippen molar-refractivity contribution >= 4 is 5.95 Å². The molecule has 2 N–H and O–H groups in total. The van der Waals surface area contributed by atoms with Crippen molar-refractivity contribution in [1.29, 1.82) is 0 Å². The Morgan fingerprint density at radius 2 is 2.13 bits per heavy atom. The first-order valence-corrected chi connectivity index (χ1v) is 3.71. The quantitative estimate of drug-likeness (QED) is 0.753. The molecule has 0 spiro atoms. The van der Waals surface area contributed by atoms with Crippen LogP contribution in [0.5, 0.6) is 5.88 Å². The van der Waals surface area contributed by atoms with E-state index in [9.17, 15) is 13.2 Å². The van der Waals surface area contributed by atoms with E-state index in [1.807, 2.05) is 0 Å². The molecule has 1 heterocycles. The Kier molecular flexibility index (Phi) is 2.99. The van der Waals surface area contributed by atoms with Crippen LogP contribution in [0, 0.1) is 12.3 Å². The fourth-order valence-corrected chi connectivity index (χ4v) is 0.778. The summed E-state index contributed by atoms with van der Waals surface area (Å²) in [5.41, 5.74) is 3.91. The molecule has 0 bridgehead atoms. The molecule has 4 nitrogen and oxygen atoms in total. The first-order valence-electron chi connectivity index (χ1n) is 3.71. The van der Waals surface area contributed by atoms with Crippen LogP contribution in [-0.4, -0.2) is 16.6 Å². The molecule has 0 fully saturated rings. The highest BCUT2D eigenvalue weighted by Crippen LogP contribution is 2.29. The summed E-state index contributed by atoms with van der Waals surface area (Å²) in [7, 11) is 0. The lowest BCUT2D eigenvalue weighted by Gasteiger charge is -2.08. The van der Waals surface area contributed by atoms with E-state index in [0.29, 0.717) is 6.07 Å². The molecule has 15 heavy (non-hydrogen) atoms. The summed E-state index contributed by atoms with van der Waals surface area (Å²) in [5.74, 6) is 1.27. The van der Waals surface area contributed by atoms with Gasteiger partial charge >= 0.3 is 6.18 Å². The fourth-order valence-electron chi connectivity index (χ4n) is 0.778. The van der Waals surface area contributed by atoms with E-state index in [4.69, 9.17) is 16.9 Å². The van der Waals surface area contributed by atoms with Crippen LogP contribution in [0.3, 0.4) is 0 Å². The van der Waals surface area contributed by atoms with E-state index in [1.54, 1.807) is 0 Å². The summed E-state index contributed by atoms with van der Waals surface area (Å²) in [6, 6.07) is 0.633. The fraction of sp³-hybridized carbons (Fsp3) is 0.250. The van der Waals surface area contributed by atoms with Gasteiger partial charge in [0.2, 0.25) is 11.8 Å².